The average Bonchev–Trinajstić information content (AvgIpc) is 2.44. The summed E-state index contributed by atoms with van der Waals surface area (Å²) in [4.78, 5) is 0. The van der Waals surface area contributed by atoms with E-state index in [9.17, 15) is 5.11 Å². The summed E-state index contributed by atoms with van der Waals surface area (Å²) in [5.74, 6) is 0.621. The van der Waals surface area contributed by atoms with Crippen LogP contribution in [0.5, 0.6) is 5.75 Å². The molecule has 4 N–H and O–H groups in total. The first kappa shape index (κ1) is 16.2. The third kappa shape index (κ3) is 5.76. The highest BCUT2D eigenvalue weighted by Gasteiger charge is 2.22. The number of aliphatic hydroxyl groups excluding tert-OH is 3. The first-order valence-electron chi connectivity index (χ1n) is 6.02. The lowest BCUT2D eigenvalue weighted by atomic mass is 10.1. The van der Waals surface area contributed by atoms with Gasteiger partial charge in [0.1, 0.15) is 18.5 Å². The van der Waals surface area contributed by atoms with Crippen LogP contribution in [0.1, 0.15) is 6.92 Å². The van der Waals surface area contributed by atoms with Gasteiger partial charge in [0, 0.05) is 11.6 Å². The summed E-state index contributed by atoms with van der Waals surface area (Å²) < 4.78 is 5.38. The number of halogens is 1. The molecule has 0 spiro atoms. The molecule has 0 saturated carbocycles. The van der Waals surface area contributed by atoms with E-state index in [-0.39, 0.29) is 26.4 Å². The molecule has 108 valence electrons. The van der Waals surface area contributed by atoms with Crippen LogP contribution >= 0.6 is 11.6 Å². The van der Waals surface area contributed by atoms with Gasteiger partial charge >= 0.3 is 0 Å². The minimum Gasteiger partial charge on any atom is -0.491 e. The molecule has 0 bridgehead atoms. The minimum atomic E-state index is -0.804. The third-order valence-corrected chi connectivity index (χ3v) is 2.97. The van der Waals surface area contributed by atoms with Gasteiger partial charge < -0.3 is 25.4 Å². The summed E-state index contributed by atoms with van der Waals surface area (Å²) in [5.41, 5.74) is -0.804. The molecule has 1 unspecified atom stereocenters. The van der Waals surface area contributed by atoms with Crippen LogP contribution in [0.4, 0.5) is 0 Å². The molecule has 1 aromatic rings. The van der Waals surface area contributed by atoms with Crippen LogP contribution in [0.3, 0.4) is 0 Å². The highest BCUT2D eigenvalue weighted by molar-refractivity contribution is 6.30. The van der Waals surface area contributed by atoms with Crippen LogP contribution in [-0.4, -0.2) is 53.3 Å². The fourth-order valence-corrected chi connectivity index (χ4v) is 1.43. The van der Waals surface area contributed by atoms with Gasteiger partial charge in [-0.05, 0) is 31.2 Å². The van der Waals surface area contributed by atoms with E-state index >= 15 is 0 Å². The molecule has 0 saturated heterocycles. The molecular formula is C13H20ClNO4. The predicted molar refractivity (Wildman–Crippen MR) is 73.5 cm³/mol. The molecule has 1 rings (SSSR count). The molecule has 0 fully saturated rings. The van der Waals surface area contributed by atoms with Crippen LogP contribution in [0.25, 0.3) is 0 Å². The zero-order chi connectivity index (χ0) is 14.3. The van der Waals surface area contributed by atoms with E-state index in [0.717, 1.165) is 0 Å². The molecule has 5 nitrogen and oxygen atoms in total. The summed E-state index contributed by atoms with van der Waals surface area (Å²) in [6.07, 6.45) is -0.742. The van der Waals surface area contributed by atoms with Crippen LogP contribution < -0.4 is 10.1 Å². The summed E-state index contributed by atoms with van der Waals surface area (Å²) in [6.45, 7) is 1.56. The molecule has 0 aromatic heterocycles. The van der Waals surface area contributed by atoms with Crippen molar-refractivity contribution in [3.8, 4) is 5.75 Å². The minimum absolute atomic E-state index is 0.113. The van der Waals surface area contributed by atoms with Crippen LogP contribution in [0.15, 0.2) is 24.3 Å². The van der Waals surface area contributed by atoms with Gasteiger partial charge in [0.05, 0.1) is 18.8 Å². The summed E-state index contributed by atoms with van der Waals surface area (Å²) in [6, 6.07) is 6.84. The molecule has 0 aliphatic heterocycles. The summed E-state index contributed by atoms with van der Waals surface area (Å²) >= 11 is 5.74. The Hall–Kier alpha value is -0.850. The van der Waals surface area contributed by atoms with E-state index in [1.165, 1.54) is 0 Å². The molecule has 1 atom stereocenters. The lowest BCUT2D eigenvalue weighted by molar-refractivity contribution is 0.0666. The van der Waals surface area contributed by atoms with Crippen molar-refractivity contribution in [1.82, 2.24) is 5.32 Å². The van der Waals surface area contributed by atoms with E-state index < -0.39 is 11.6 Å². The third-order valence-electron chi connectivity index (χ3n) is 2.72. The van der Waals surface area contributed by atoms with Gasteiger partial charge in [-0.3, -0.25) is 0 Å². The number of hydrogen-bond acceptors (Lipinski definition) is 5. The van der Waals surface area contributed by atoms with Gasteiger partial charge in [-0.15, -0.1) is 0 Å². The highest BCUT2D eigenvalue weighted by Crippen LogP contribution is 2.15. The Labute approximate surface area is 117 Å². The molecule has 0 aliphatic carbocycles. The first-order valence-corrected chi connectivity index (χ1v) is 6.40. The Morgan fingerprint density at radius 1 is 1.26 bits per heavy atom. The second-order valence-electron chi connectivity index (χ2n) is 4.68. The Morgan fingerprint density at radius 3 is 2.37 bits per heavy atom. The number of nitrogens with one attached hydrogen (secondary N) is 1. The fourth-order valence-electron chi connectivity index (χ4n) is 1.31. The molecule has 0 amide bonds. The Balaban J connectivity index is 2.31. The lowest BCUT2D eigenvalue weighted by Crippen LogP contribution is -2.52. The van der Waals surface area contributed by atoms with Gasteiger partial charge in [0.2, 0.25) is 0 Å². The van der Waals surface area contributed by atoms with Crippen molar-refractivity contribution in [2.75, 3.05) is 26.4 Å². The maximum atomic E-state index is 9.74. The van der Waals surface area contributed by atoms with E-state index in [0.29, 0.717) is 10.8 Å². The SMILES string of the molecule is CC(CO)(CO)NCC(O)COc1ccc(Cl)cc1. The molecule has 1 aromatic carbocycles. The van der Waals surface area contributed by atoms with Crippen molar-refractivity contribution in [1.29, 1.82) is 0 Å². The van der Waals surface area contributed by atoms with Gasteiger partial charge in [0.25, 0.3) is 0 Å². The van der Waals surface area contributed by atoms with Crippen LogP contribution in [0.2, 0.25) is 5.02 Å². The van der Waals surface area contributed by atoms with Gasteiger partial charge in [-0.25, -0.2) is 0 Å². The smallest absolute Gasteiger partial charge is 0.119 e. The van der Waals surface area contributed by atoms with E-state index in [2.05, 4.69) is 5.32 Å². The Bertz CT molecular complexity index is 367. The van der Waals surface area contributed by atoms with E-state index in [4.69, 9.17) is 26.6 Å². The van der Waals surface area contributed by atoms with E-state index in [1.54, 1.807) is 31.2 Å². The molecule has 0 radical (unpaired) electrons. The van der Waals surface area contributed by atoms with Crippen molar-refractivity contribution in [2.24, 2.45) is 0 Å². The van der Waals surface area contributed by atoms with Crippen LogP contribution in [-0.2, 0) is 0 Å². The van der Waals surface area contributed by atoms with Crippen molar-refractivity contribution in [3.05, 3.63) is 29.3 Å². The molecule has 6 heteroatoms. The molecule has 0 heterocycles. The quantitative estimate of drug-likeness (QED) is 0.557. The number of β-amino-alcohol motifs (C(OH)–C–C–N with tert-alkyl or cyclic N) is 1. The first-order chi connectivity index (χ1) is 8.99. The number of hydrogen-bond donors (Lipinski definition) is 4. The predicted octanol–water partition coefficient (Wildman–Crippen LogP) is 0.413. The molecule has 0 aliphatic rings. The zero-order valence-corrected chi connectivity index (χ0v) is 11.6. The maximum Gasteiger partial charge on any atom is 0.119 e. The second kappa shape index (κ2) is 7.67. The van der Waals surface area contributed by atoms with Crippen molar-refractivity contribution in [2.45, 2.75) is 18.6 Å². The Kier molecular flexibility index (Phi) is 6.54. The standard InChI is InChI=1S/C13H20ClNO4/c1-13(8-16,9-17)15-6-11(18)7-19-12-4-2-10(14)3-5-12/h2-5,11,15-18H,6-9H2,1H3. The average molecular weight is 290 g/mol. The van der Waals surface area contributed by atoms with Crippen LogP contribution in [0, 0.1) is 0 Å². The van der Waals surface area contributed by atoms with Crippen molar-refractivity contribution >= 4 is 11.6 Å². The highest BCUT2D eigenvalue weighted by atomic mass is 35.5. The lowest BCUT2D eigenvalue weighted by Gasteiger charge is -2.27. The van der Waals surface area contributed by atoms with Crippen molar-refractivity contribution in [3.63, 3.8) is 0 Å². The van der Waals surface area contributed by atoms with Gasteiger partial charge in [0.15, 0.2) is 0 Å². The van der Waals surface area contributed by atoms with Gasteiger partial charge in [-0.1, -0.05) is 11.6 Å². The monoisotopic (exact) mass is 289 g/mol. The number of benzene rings is 1. The summed E-state index contributed by atoms with van der Waals surface area (Å²) in [5, 5.41) is 31.4. The van der Waals surface area contributed by atoms with E-state index in [1.807, 2.05) is 0 Å². The molecule has 19 heavy (non-hydrogen) atoms. The van der Waals surface area contributed by atoms with Gasteiger partial charge in [-0.2, -0.15) is 0 Å². The number of rotatable bonds is 8. The topological polar surface area (TPSA) is 82.0 Å². The Morgan fingerprint density at radius 2 is 1.84 bits per heavy atom. The zero-order valence-electron chi connectivity index (χ0n) is 10.8. The maximum absolute atomic E-state index is 9.74. The van der Waals surface area contributed by atoms with Crippen molar-refractivity contribution < 1.29 is 20.1 Å². The molecular weight excluding hydrogens is 270 g/mol. The second-order valence-corrected chi connectivity index (χ2v) is 5.11. The number of ether oxygens (including phenoxy) is 1. The summed E-state index contributed by atoms with van der Waals surface area (Å²) in [7, 11) is 0. The largest absolute Gasteiger partial charge is 0.491 e. The normalized spacial score (nSPS) is 13.3. The number of aliphatic hydroxyl groups is 3. The fraction of sp³-hybridized carbons (Fsp3) is 0.538.